The van der Waals surface area contributed by atoms with Gasteiger partial charge in [-0.05, 0) is 18.6 Å². The average Bonchev–Trinajstić information content (AvgIpc) is 2.53. The van der Waals surface area contributed by atoms with E-state index in [1.165, 1.54) is 0 Å². The Morgan fingerprint density at radius 3 is 2.90 bits per heavy atom. The average molecular weight is 282 g/mol. The van der Waals surface area contributed by atoms with Crippen molar-refractivity contribution in [3.05, 3.63) is 36.0 Å². The Bertz CT molecular complexity index is 634. The Morgan fingerprint density at radius 1 is 1.33 bits per heavy atom. The number of nitrogens with zero attached hydrogens (tertiary/aromatic N) is 5. The van der Waals surface area contributed by atoms with E-state index in [1.54, 1.807) is 12.3 Å². The van der Waals surface area contributed by atoms with Crippen molar-refractivity contribution in [2.45, 2.75) is 19.8 Å². The monoisotopic (exact) mass is 282 g/mol. The quantitative estimate of drug-likeness (QED) is 0.877. The fourth-order valence-corrected chi connectivity index (χ4v) is 1.85. The fourth-order valence-electron chi connectivity index (χ4n) is 1.85. The number of unbranched alkanes of at least 4 members (excludes halogenated alkanes) is 1. The third-order valence-corrected chi connectivity index (χ3v) is 3.08. The van der Waals surface area contributed by atoms with E-state index in [0.29, 0.717) is 17.2 Å². The van der Waals surface area contributed by atoms with Gasteiger partial charge < -0.3 is 10.2 Å². The molecule has 21 heavy (non-hydrogen) atoms. The molecule has 1 aromatic carbocycles. The first-order chi connectivity index (χ1) is 10.2. The number of benzene rings is 1. The van der Waals surface area contributed by atoms with Crippen LogP contribution < -0.4 is 10.2 Å². The Hall–Kier alpha value is -2.68. The second kappa shape index (κ2) is 7.20. The van der Waals surface area contributed by atoms with Gasteiger partial charge in [-0.25, -0.2) is 0 Å². The van der Waals surface area contributed by atoms with Crippen molar-refractivity contribution in [3.63, 3.8) is 0 Å². The predicted octanol–water partition coefficient (Wildman–Crippen LogP) is 2.72. The van der Waals surface area contributed by atoms with E-state index in [-0.39, 0.29) is 0 Å². The third-order valence-electron chi connectivity index (χ3n) is 3.08. The highest BCUT2D eigenvalue weighted by atomic mass is 15.3. The minimum absolute atomic E-state index is 0.388. The van der Waals surface area contributed by atoms with Crippen molar-refractivity contribution < 1.29 is 0 Å². The molecular formula is C15H18N6. The molecule has 1 aromatic heterocycles. The van der Waals surface area contributed by atoms with Gasteiger partial charge in [0.15, 0.2) is 5.82 Å². The van der Waals surface area contributed by atoms with Gasteiger partial charge in [0, 0.05) is 13.6 Å². The van der Waals surface area contributed by atoms with Gasteiger partial charge in [0.25, 0.3) is 0 Å². The number of nitrogens with one attached hydrogen (secondary N) is 1. The molecule has 0 aliphatic carbocycles. The summed E-state index contributed by atoms with van der Waals surface area (Å²) in [6.07, 6.45) is 3.86. The van der Waals surface area contributed by atoms with Crippen LogP contribution in [0.3, 0.4) is 0 Å². The van der Waals surface area contributed by atoms with Crippen molar-refractivity contribution in [1.82, 2.24) is 15.2 Å². The number of hydrogen-bond acceptors (Lipinski definition) is 6. The number of para-hydroxylation sites is 1. The highest BCUT2D eigenvalue weighted by molar-refractivity contribution is 5.63. The number of hydrogen-bond donors (Lipinski definition) is 1. The molecule has 2 aromatic rings. The highest BCUT2D eigenvalue weighted by Crippen LogP contribution is 2.18. The van der Waals surface area contributed by atoms with Crippen LogP contribution in [0.1, 0.15) is 25.3 Å². The molecule has 0 aliphatic heterocycles. The molecule has 0 unspecified atom stereocenters. The van der Waals surface area contributed by atoms with Crippen LogP contribution in [0.2, 0.25) is 0 Å². The lowest BCUT2D eigenvalue weighted by molar-refractivity contribution is 0.754. The van der Waals surface area contributed by atoms with E-state index in [4.69, 9.17) is 5.26 Å². The Morgan fingerprint density at radius 2 is 2.14 bits per heavy atom. The Labute approximate surface area is 124 Å². The summed E-state index contributed by atoms with van der Waals surface area (Å²) in [7, 11) is 1.98. The summed E-state index contributed by atoms with van der Waals surface area (Å²) in [4.78, 5) is 6.47. The van der Waals surface area contributed by atoms with Crippen molar-refractivity contribution in [1.29, 1.82) is 5.26 Å². The molecule has 0 saturated carbocycles. The van der Waals surface area contributed by atoms with Gasteiger partial charge in [-0.3, -0.25) is 0 Å². The SMILES string of the molecule is CCCCN(C)c1cnnc(Nc2ccccc2C#N)n1. The van der Waals surface area contributed by atoms with Crippen LogP contribution in [0.15, 0.2) is 30.5 Å². The largest absolute Gasteiger partial charge is 0.358 e. The van der Waals surface area contributed by atoms with Crippen molar-refractivity contribution >= 4 is 17.5 Å². The lowest BCUT2D eigenvalue weighted by Gasteiger charge is -2.17. The maximum absolute atomic E-state index is 9.08. The summed E-state index contributed by atoms with van der Waals surface area (Å²) in [5, 5.41) is 20.1. The molecule has 108 valence electrons. The summed E-state index contributed by atoms with van der Waals surface area (Å²) >= 11 is 0. The molecule has 1 heterocycles. The molecular weight excluding hydrogens is 264 g/mol. The van der Waals surface area contributed by atoms with Gasteiger partial charge in [-0.1, -0.05) is 25.5 Å². The predicted molar refractivity (Wildman–Crippen MR) is 82.4 cm³/mol. The molecule has 0 aliphatic rings. The van der Waals surface area contributed by atoms with Crippen LogP contribution in [0.4, 0.5) is 17.5 Å². The van der Waals surface area contributed by atoms with E-state index in [2.05, 4.69) is 33.5 Å². The number of nitriles is 1. The van der Waals surface area contributed by atoms with Crippen LogP contribution in [-0.4, -0.2) is 28.8 Å². The van der Waals surface area contributed by atoms with Crippen LogP contribution in [0.25, 0.3) is 0 Å². The lowest BCUT2D eigenvalue weighted by atomic mass is 10.2. The van der Waals surface area contributed by atoms with Gasteiger partial charge in [-0.2, -0.15) is 15.3 Å². The molecule has 0 spiro atoms. The molecule has 0 radical (unpaired) electrons. The molecule has 0 bridgehead atoms. The van der Waals surface area contributed by atoms with Crippen LogP contribution in [-0.2, 0) is 0 Å². The van der Waals surface area contributed by atoms with E-state index < -0.39 is 0 Å². The van der Waals surface area contributed by atoms with E-state index in [1.807, 2.05) is 30.1 Å². The van der Waals surface area contributed by atoms with Gasteiger partial charge in [-0.15, -0.1) is 5.10 Å². The molecule has 6 heteroatoms. The second-order valence-corrected chi connectivity index (χ2v) is 4.70. The lowest BCUT2D eigenvalue weighted by Crippen LogP contribution is -2.20. The molecule has 2 rings (SSSR count). The summed E-state index contributed by atoms with van der Waals surface area (Å²) in [6, 6.07) is 9.36. The minimum atomic E-state index is 0.388. The zero-order valence-corrected chi connectivity index (χ0v) is 12.2. The first-order valence-corrected chi connectivity index (χ1v) is 6.91. The van der Waals surface area contributed by atoms with Gasteiger partial charge in [0.2, 0.25) is 5.95 Å². The maximum Gasteiger partial charge on any atom is 0.249 e. The third kappa shape index (κ3) is 3.89. The zero-order valence-electron chi connectivity index (χ0n) is 12.2. The molecule has 0 atom stereocenters. The standard InChI is InChI=1S/C15H18N6/c1-3-4-9-21(2)14-11-17-20-15(19-14)18-13-8-6-5-7-12(13)10-16/h5-8,11H,3-4,9H2,1-2H3,(H,18,19,20). The normalized spacial score (nSPS) is 9.95. The van der Waals surface area contributed by atoms with Crippen LogP contribution in [0.5, 0.6) is 0 Å². The van der Waals surface area contributed by atoms with Crippen molar-refractivity contribution in [2.24, 2.45) is 0 Å². The van der Waals surface area contributed by atoms with Crippen molar-refractivity contribution in [2.75, 3.05) is 23.8 Å². The van der Waals surface area contributed by atoms with E-state index >= 15 is 0 Å². The minimum Gasteiger partial charge on any atom is -0.358 e. The van der Waals surface area contributed by atoms with E-state index in [9.17, 15) is 0 Å². The fraction of sp³-hybridized carbons (Fsp3) is 0.333. The summed E-state index contributed by atoms with van der Waals surface area (Å²) in [6.45, 7) is 3.07. The Balaban J connectivity index is 2.16. The second-order valence-electron chi connectivity index (χ2n) is 4.70. The Kier molecular flexibility index (Phi) is 5.04. The van der Waals surface area contributed by atoms with Crippen LogP contribution >= 0.6 is 0 Å². The topological polar surface area (TPSA) is 77.7 Å². The van der Waals surface area contributed by atoms with Gasteiger partial charge in [0.05, 0.1) is 17.4 Å². The molecule has 0 amide bonds. The van der Waals surface area contributed by atoms with Crippen LogP contribution in [0, 0.1) is 11.3 Å². The molecule has 0 saturated heterocycles. The molecule has 6 nitrogen and oxygen atoms in total. The van der Waals surface area contributed by atoms with Gasteiger partial charge in [0.1, 0.15) is 6.07 Å². The summed E-state index contributed by atoms with van der Waals surface area (Å²) in [5.41, 5.74) is 1.22. The summed E-state index contributed by atoms with van der Waals surface area (Å²) in [5.74, 6) is 1.15. The number of aromatic nitrogens is 3. The van der Waals surface area contributed by atoms with Gasteiger partial charge >= 0.3 is 0 Å². The maximum atomic E-state index is 9.08. The highest BCUT2D eigenvalue weighted by Gasteiger charge is 2.07. The van der Waals surface area contributed by atoms with E-state index in [0.717, 1.165) is 25.2 Å². The number of rotatable bonds is 6. The zero-order chi connectivity index (χ0) is 15.1. The first kappa shape index (κ1) is 14.7. The molecule has 1 N–H and O–H groups in total. The summed E-state index contributed by atoms with van der Waals surface area (Å²) < 4.78 is 0. The first-order valence-electron chi connectivity index (χ1n) is 6.91. The number of anilines is 3. The van der Waals surface area contributed by atoms with Crippen molar-refractivity contribution in [3.8, 4) is 6.07 Å². The smallest absolute Gasteiger partial charge is 0.249 e. The molecule has 0 fully saturated rings.